The zero-order chi connectivity index (χ0) is 14.4. The molecule has 2 rings (SSSR count). The van der Waals surface area contributed by atoms with Crippen molar-refractivity contribution in [2.75, 3.05) is 19.6 Å². The van der Waals surface area contributed by atoms with Gasteiger partial charge in [0.05, 0.1) is 0 Å². The second kappa shape index (κ2) is 7.79. The van der Waals surface area contributed by atoms with Gasteiger partial charge in [-0.1, -0.05) is 28.1 Å². The zero-order valence-electron chi connectivity index (χ0n) is 12.0. The first-order valence-electron chi connectivity index (χ1n) is 7.37. The van der Waals surface area contributed by atoms with Gasteiger partial charge in [-0.2, -0.15) is 0 Å². The highest BCUT2D eigenvalue weighted by Crippen LogP contribution is 2.18. The Kier molecular flexibility index (Phi) is 6.05. The van der Waals surface area contributed by atoms with Crippen molar-refractivity contribution in [3.8, 4) is 0 Å². The fourth-order valence-corrected chi connectivity index (χ4v) is 2.81. The summed E-state index contributed by atoms with van der Waals surface area (Å²) in [6, 6.07) is 6.27. The van der Waals surface area contributed by atoms with Gasteiger partial charge in [0.25, 0.3) is 0 Å². The molecular formula is C16H23BrN2O. The number of carbonyl (C=O) groups excluding carboxylic acids is 1. The van der Waals surface area contributed by atoms with E-state index in [2.05, 4.69) is 51.7 Å². The van der Waals surface area contributed by atoms with Crippen LogP contribution in [-0.4, -0.2) is 25.5 Å². The van der Waals surface area contributed by atoms with Gasteiger partial charge in [0.2, 0.25) is 5.91 Å². The second-order valence-electron chi connectivity index (χ2n) is 5.60. The quantitative estimate of drug-likeness (QED) is 0.866. The molecule has 0 bridgehead atoms. The molecule has 0 aromatic heterocycles. The first-order chi connectivity index (χ1) is 9.65. The van der Waals surface area contributed by atoms with Crippen LogP contribution < -0.4 is 10.6 Å². The second-order valence-corrected chi connectivity index (χ2v) is 6.45. The van der Waals surface area contributed by atoms with Crippen molar-refractivity contribution in [2.45, 2.75) is 32.6 Å². The Balaban J connectivity index is 1.70. The highest BCUT2D eigenvalue weighted by molar-refractivity contribution is 9.10. The standard InChI is InChI=1S/C16H23BrN2O/c1-12-9-13(4-6-15(12)17)5-7-16(20)19-11-14-3-2-8-18-10-14/h4,6,9,14,18H,2-3,5,7-8,10-11H2,1H3,(H,19,20). The van der Waals surface area contributed by atoms with Crippen LogP contribution in [0.5, 0.6) is 0 Å². The predicted molar refractivity (Wildman–Crippen MR) is 85.8 cm³/mol. The van der Waals surface area contributed by atoms with E-state index < -0.39 is 0 Å². The fraction of sp³-hybridized carbons (Fsp3) is 0.562. The Morgan fingerprint density at radius 1 is 1.50 bits per heavy atom. The number of nitrogens with one attached hydrogen (secondary N) is 2. The van der Waals surface area contributed by atoms with E-state index in [-0.39, 0.29) is 5.91 Å². The molecule has 1 aliphatic rings. The number of carbonyl (C=O) groups is 1. The van der Waals surface area contributed by atoms with Crippen LogP contribution in [0.25, 0.3) is 0 Å². The van der Waals surface area contributed by atoms with Crippen molar-refractivity contribution in [2.24, 2.45) is 5.92 Å². The van der Waals surface area contributed by atoms with Gasteiger partial charge in [-0.3, -0.25) is 4.79 Å². The largest absolute Gasteiger partial charge is 0.356 e. The molecule has 1 aromatic carbocycles. The number of rotatable bonds is 5. The van der Waals surface area contributed by atoms with Crippen molar-refractivity contribution in [3.05, 3.63) is 33.8 Å². The Bertz CT molecular complexity index is 456. The summed E-state index contributed by atoms with van der Waals surface area (Å²) < 4.78 is 1.12. The maximum atomic E-state index is 11.9. The summed E-state index contributed by atoms with van der Waals surface area (Å²) >= 11 is 3.49. The van der Waals surface area contributed by atoms with Crippen LogP contribution in [0, 0.1) is 12.8 Å². The summed E-state index contributed by atoms with van der Waals surface area (Å²) in [6.45, 7) is 5.04. The first kappa shape index (κ1) is 15.5. The van der Waals surface area contributed by atoms with Crippen LogP contribution >= 0.6 is 15.9 Å². The molecule has 4 heteroatoms. The summed E-state index contributed by atoms with van der Waals surface area (Å²) in [4.78, 5) is 11.9. The molecule has 0 aliphatic carbocycles. The number of benzene rings is 1. The van der Waals surface area contributed by atoms with E-state index >= 15 is 0 Å². The molecule has 0 spiro atoms. The molecule has 1 aliphatic heterocycles. The van der Waals surface area contributed by atoms with Crippen molar-refractivity contribution < 1.29 is 4.79 Å². The molecule has 20 heavy (non-hydrogen) atoms. The molecular weight excluding hydrogens is 316 g/mol. The van der Waals surface area contributed by atoms with Crippen molar-refractivity contribution in [1.29, 1.82) is 0 Å². The summed E-state index contributed by atoms with van der Waals surface area (Å²) in [6.07, 6.45) is 3.82. The molecule has 0 saturated carbocycles. The van der Waals surface area contributed by atoms with Crippen molar-refractivity contribution >= 4 is 21.8 Å². The lowest BCUT2D eigenvalue weighted by molar-refractivity contribution is -0.121. The first-order valence-corrected chi connectivity index (χ1v) is 8.17. The number of piperidine rings is 1. The summed E-state index contributed by atoms with van der Waals surface area (Å²) in [5.74, 6) is 0.763. The van der Waals surface area contributed by atoms with Crippen LogP contribution in [-0.2, 0) is 11.2 Å². The normalized spacial score (nSPS) is 18.8. The molecule has 1 saturated heterocycles. The van der Waals surface area contributed by atoms with Gasteiger partial charge >= 0.3 is 0 Å². The van der Waals surface area contributed by atoms with E-state index in [1.54, 1.807) is 0 Å². The Labute approximate surface area is 129 Å². The van der Waals surface area contributed by atoms with Crippen LogP contribution in [0.3, 0.4) is 0 Å². The third-order valence-corrected chi connectivity index (χ3v) is 4.74. The summed E-state index contributed by atoms with van der Waals surface area (Å²) in [5, 5.41) is 6.43. The lowest BCUT2D eigenvalue weighted by Crippen LogP contribution is -2.38. The molecule has 1 atom stereocenters. The summed E-state index contributed by atoms with van der Waals surface area (Å²) in [5.41, 5.74) is 2.44. The van der Waals surface area contributed by atoms with Crippen LogP contribution in [0.2, 0.25) is 0 Å². The molecule has 1 amide bonds. The Hall–Kier alpha value is -0.870. The fourth-order valence-electron chi connectivity index (χ4n) is 2.56. The molecule has 0 radical (unpaired) electrons. The van der Waals surface area contributed by atoms with Gasteiger partial charge in [0, 0.05) is 17.4 Å². The molecule has 1 aromatic rings. The monoisotopic (exact) mass is 338 g/mol. The highest BCUT2D eigenvalue weighted by Gasteiger charge is 2.13. The maximum absolute atomic E-state index is 11.9. The highest BCUT2D eigenvalue weighted by atomic mass is 79.9. The zero-order valence-corrected chi connectivity index (χ0v) is 13.6. The van der Waals surface area contributed by atoms with E-state index in [0.29, 0.717) is 12.3 Å². The molecule has 1 unspecified atom stereocenters. The van der Waals surface area contributed by atoms with Crippen LogP contribution in [0.4, 0.5) is 0 Å². The van der Waals surface area contributed by atoms with Gasteiger partial charge in [0.1, 0.15) is 0 Å². The van der Waals surface area contributed by atoms with Gasteiger partial charge in [-0.15, -0.1) is 0 Å². The van der Waals surface area contributed by atoms with Gasteiger partial charge in [-0.25, -0.2) is 0 Å². The van der Waals surface area contributed by atoms with Crippen LogP contribution in [0.1, 0.15) is 30.4 Å². The minimum atomic E-state index is 0.163. The van der Waals surface area contributed by atoms with E-state index in [1.807, 2.05) is 0 Å². The van der Waals surface area contributed by atoms with E-state index in [0.717, 1.165) is 30.5 Å². The minimum absolute atomic E-state index is 0.163. The van der Waals surface area contributed by atoms with Gasteiger partial charge in [0.15, 0.2) is 0 Å². The Morgan fingerprint density at radius 3 is 3.05 bits per heavy atom. The number of hydrogen-bond acceptors (Lipinski definition) is 2. The molecule has 110 valence electrons. The molecule has 3 nitrogen and oxygen atoms in total. The smallest absolute Gasteiger partial charge is 0.220 e. The number of amides is 1. The lowest BCUT2D eigenvalue weighted by atomic mass is 9.99. The third kappa shape index (κ3) is 4.91. The average Bonchev–Trinajstić information content (AvgIpc) is 2.47. The topological polar surface area (TPSA) is 41.1 Å². The Morgan fingerprint density at radius 2 is 2.35 bits per heavy atom. The summed E-state index contributed by atoms with van der Waals surface area (Å²) in [7, 11) is 0. The lowest BCUT2D eigenvalue weighted by Gasteiger charge is -2.22. The number of hydrogen-bond donors (Lipinski definition) is 2. The van der Waals surface area contributed by atoms with Gasteiger partial charge < -0.3 is 10.6 Å². The maximum Gasteiger partial charge on any atom is 0.220 e. The van der Waals surface area contributed by atoms with E-state index in [4.69, 9.17) is 0 Å². The SMILES string of the molecule is Cc1cc(CCC(=O)NCC2CCCNC2)ccc1Br. The molecule has 2 N–H and O–H groups in total. The van der Waals surface area contributed by atoms with Crippen molar-refractivity contribution in [3.63, 3.8) is 0 Å². The molecule has 1 fully saturated rings. The predicted octanol–water partition coefficient (Wildman–Crippen LogP) is 2.81. The van der Waals surface area contributed by atoms with Gasteiger partial charge in [-0.05, 0) is 62.4 Å². The van der Waals surface area contributed by atoms with Crippen LogP contribution in [0.15, 0.2) is 22.7 Å². The van der Waals surface area contributed by atoms with E-state index in [9.17, 15) is 4.79 Å². The number of halogens is 1. The van der Waals surface area contributed by atoms with E-state index in [1.165, 1.54) is 24.0 Å². The minimum Gasteiger partial charge on any atom is -0.356 e. The number of aryl methyl sites for hydroxylation is 2. The third-order valence-electron chi connectivity index (χ3n) is 3.85. The van der Waals surface area contributed by atoms with Crippen molar-refractivity contribution in [1.82, 2.24) is 10.6 Å². The average molecular weight is 339 g/mol. The molecule has 1 heterocycles.